The van der Waals surface area contributed by atoms with E-state index >= 15 is 0 Å². The van der Waals surface area contributed by atoms with Gasteiger partial charge in [0.2, 0.25) is 0 Å². The first-order chi connectivity index (χ1) is 22.3. The molecule has 272 valence electrons. The number of aliphatic carboxylic acids is 1. The zero-order valence-electron chi connectivity index (χ0n) is 27.3. The van der Waals surface area contributed by atoms with Crippen molar-refractivity contribution in [2.75, 3.05) is 0 Å². The fraction of sp³-hybridized carbons (Fsp3) is 0.806. The molecule has 0 aromatic heterocycles. The molecule has 1 aromatic rings. The number of hydrogen-bond donors (Lipinski definition) is 2. The number of fused-ring (bicyclic) bond motifs is 6. The number of halogens is 9. The van der Waals surface area contributed by atoms with Crippen LogP contribution in [0.5, 0.6) is 5.75 Å². The van der Waals surface area contributed by atoms with Crippen LogP contribution in [-0.2, 0) is 11.2 Å². The largest absolute Gasteiger partial charge is 0.508 e. The molecule has 0 saturated heterocycles. The quantitative estimate of drug-likeness (QED) is 0.142. The molecule has 1 spiro atoms. The highest BCUT2D eigenvalue weighted by Gasteiger charge is 2.81. The summed E-state index contributed by atoms with van der Waals surface area (Å²) in [5, 5.41) is 19.6. The number of phenolic OH excluding ortho intramolecular Hbond substituents is 1. The van der Waals surface area contributed by atoms with Crippen molar-refractivity contribution in [2.24, 2.45) is 34.5 Å². The Morgan fingerprint density at radius 3 is 2.12 bits per heavy atom. The lowest BCUT2D eigenvalue weighted by Crippen LogP contribution is -2.60. The minimum atomic E-state index is -6.97. The molecule has 1 aromatic carbocycles. The molecule has 4 aliphatic carbocycles. The second kappa shape index (κ2) is 13.2. The van der Waals surface area contributed by atoms with Gasteiger partial charge in [0, 0.05) is 6.42 Å². The van der Waals surface area contributed by atoms with E-state index in [1.165, 1.54) is 49.7 Å². The number of carbonyl (C=O) groups is 1. The van der Waals surface area contributed by atoms with Gasteiger partial charge in [-0.05, 0) is 122 Å². The molecule has 12 heteroatoms. The van der Waals surface area contributed by atoms with Gasteiger partial charge in [0.1, 0.15) is 5.75 Å². The third-order valence-corrected chi connectivity index (χ3v) is 13.0. The SMILES string of the molecule is CC12CCC3c4ccc(O)cc4CC(CCCCCCCCC(CCC(F)(F)C(F)(F)C(F)(F)C(F)(F)F)C(=O)O)C3C1CCC21CC1. The van der Waals surface area contributed by atoms with Crippen LogP contribution in [0.25, 0.3) is 0 Å². The van der Waals surface area contributed by atoms with E-state index in [0.29, 0.717) is 46.7 Å². The van der Waals surface area contributed by atoms with E-state index in [9.17, 15) is 54.5 Å². The van der Waals surface area contributed by atoms with Gasteiger partial charge in [-0.25, -0.2) is 0 Å². The number of unbranched alkanes of at least 4 members (excludes halogenated alkanes) is 5. The highest BCUT2D eigenvalue weighted by molar-refractivity contribution is 5.69. The first kappa shape index (κ1) is 37.1. The number of alkyl halides is 9. The second-order valence-electron chi connectivity index (χ2n) is 15.5. The number of carboxylic acids is 1. The molecular weight excluding hydrogens is 651 g/mol. The molecule has 0 heterocycles. The Balaban J connectivity index is 1.08. The van der Waals surface area contributed by atoms with E-state index in [-0.39, 0.29) is 12.8 Å². The molecule has 3 fully saturated rings. The van der Waals surface area contributed by atoms with E-state index in [2.05, 4.69) is 13.0 Å². The Kier molecular flexibility index (Phi) is 10.2. The van der Waals surface area contributed by atoms with Crippen LogP contribution in [0.2, 0.25) is 0 Å². The Morgan fingerprint density at radius 2 is 1.50 bits per heavy atom. The molecule has 5 rings (SSSR count). The van der Waals surface area contributed by atoms with Crippen LogP contribution in [-0.4, -0.2) is 40.1 Å². The first-order valence-electron chi connectivity index (χ1n) is 17.5. The summed E-state index contributed by atoms with van der Waals surface area (Å²) in [6.07, 6.45) is 3.83. The molecule has 48 heavy (non-hydrogen) atoms. The summed E-state index contributed by atoms with van der Waals surface area (Å²) in [7, 11) is 0. The standard InChI is InChI=1S/C36H47F9O3/c1-31-15-13-27-26-11-10-25(46)21-24(26)20-23(29(27)28(31)14-16-32(31)18-19-32)9-7-5-3-2-4-6-8-22(30(47)48)12-17-33(37,38)34(39,40)35(41,42)36(43,44)45/h10-11,21-23,27-29,46H,2-9,12-20H2,1H3,(H,47,48). The van der Waals surface area contributed by atoms with Crippen molar-refractivity contribution in [3.8, 4) is 5.75 Å². The van der Waals surface area contributed by atoms with E-state index in [4.69, 9.17) is 0 Å². The summed E-state index contributed by atoms with van der Waals surface area (Å²) in [4.78, 5) is 11.5. The average Bonchev–Trinajstić information content (AvgIpc) is 3.73. The zero-order chi connectivity index (χ0) is 35.3. The van der Waals surface area contributed by atoms with Crippen LogP contribution in [0.3, 0.4) is 0 Å². The number of rotatable bonds is 15. The van der Waals surface area contributed by atoms with Crippen molar-refractivity contribution in [3.05, 3.63) is 29.3 Å². The molecule has 3 nitrogen and oxygen atoms in total. The summed E-state index contributed by atoms with van der Waals surface area (Å²) < 4.78 is 118. The molecular formula is C36H47F9O3. The Bertz CT molecular complexity index is 1310. The van der Waals surface area contributed by atoms with E-state index in [1.807, 2.05) is 12.1 Å². The molecule has 0 bridgehead atoms. The van der Waals surface area contributed by atoms with Gasteiger partial charge < -0.3 is 10.2 Å². The fourth-order valence-corrected chi connectivity index (χ4v) is 10.1. The topological polar surface area (TPSA) is 57.5 Å². The van der Waals surface area contributed by atoms with Gasteiger partial charge in [-0.15, -0.1) is 0 Å². The number of benzene rings is 1. The van der Waals surface area contributed by atoms with Crippen LogP contribution >= 0.6 is 0 Å². The summed E-state index contributed by atoms with van der Waals surface area (Å²) in [6, 6.07) is 5.87. The molecule has 4 aliphatic rings. The number of phenols is 1. The maximum Gasteiger partial charge on any atom is 0.460 e. The van der Waals surface area contributed by atoms with Crippen molar-refractivity contribution < 1.29 is 54.5 Å². The Labute approximate surface area is 276 Å². The fourth-order valence-electron chi connectivity index (χ4n) is 10.1. The maximum atomic E-state index is 13.9. The predicted octanol–water partition coefficient (Wildman–Crippen LogP) is 11.3. The van der Waals surface area contributed by atoms with Gasteiger partial charge in [-0.1, -0.05) is 51.5 Å². The van der Waals surface area contributed by atoms with Crippen molar-refractivity contribution in [1.29, 1.82) is 0 Å². The number of hydrogen-bond acceptors (Lipinski definition) is 2. The van der Waals surface area contributed by atoms with Gasteiger partial charge in [0.05, 0.1) is 5.92 Å². The minimum Gasteiger partial charge on any atom is -0.508 e. The number of aromatic hydroxyl groups is 1. The molecule has 0 aliphatic heterocycles. The number of carboxylic acid groups (broad SMARTS) is 1. The summed E-state index contributed by atoms with van der Waals surface area (Å²) in [5.41, 5.74) is 3.60. The third-order valence-electron chi connectivity index (χ3n) is 13.0. The van der Waals surface area contributed by atoms with Crippen molar-refractivity contribution in [3.63, 3.8) is 0 Å². The highest BCUT2D eigenvalue weighted by Crippen LogP contribution is 2.76. The predicted molar refractivity (Wildman–Crippen MR) is 161 cm³/mol. The molecule has 2 N–H and O–H groups in total. The zero-order valence-corrected chi connectivity index (χ0v) is 27.3. The lowest BCUT2D eigenvalue weighted by atomic mass is 9.50. The first-order valence-corrected chi connectivity index (χ1v) is 17.5. The Hall–Kier alpha value is -2.14. The molecule has 6 unspecified atom stereocenters. The smallest absolute Gasteiger partial charge is 0.460 e. The van der Waals surface area contributed by atoms with Crippen LogP contribution in [0, 0.1) is 34.5 Å². The van der Waals surface area contributed by atoms with Gasteiger partial charge in [-0.2, -0.15) is 39.5 Å². The minimum absolute atomic E-state index is 0.175. The van der Waals surface area contributed by atoms with Crippen molar-refractivity contribution in [1.82, 2.24) is 0 Å². The lowest BCUT2D eigenvalue weighted by Gasteiger charge is -2.54. The van der Waals surface area contributed by atoms with Gasteiger partial charge >= 0.3 is 29.9 Å². The highest BCUT2D eigenvalue weighted by atomic mass is 19.4. The molecule has 3 saturated carbocycles. The van der Waals surface area contributed by atoms with E-state index < -0.39 is 48.7 Å². The van der Waals surface area contributed by atoms with E-state index in [1.54, 1.807) is 0 Å². The molecule has 0 amide bonds. The van der Waals surface area contributed by atoms with Crippen LogP contribution in [0.1, 0.15) is 127 Å². The molecule has 6 atom stereocenters. The van der Waals surface area contributed by atoms with Crippen LogP contribution < -0.4 is 0 Å². The summed E-state index contributed by atoms with van der Waals surface area (Å²) in [6.45, 7) is 2.54. The van der Waals surface area contributed by atoms with Gasteiger partial charge in [0.25, 0.3) is 0 Å². The normalized spacial score (nSPS) is 28.9. The van der Waals surface area contributed by atoms with Crippen molar-refractivity contribution in [2.45, 2.75) is 146 Å². The molecule has 0 radical (unpaired) electrons. The average molecular weight is 699 g/mol. The monoisotopic (exact) mass is 698 g/mol. The van der Waals surface area contributed by atoms with Gasteiger partial charge in [-0.3, -0.25) is 4.79 Å². The summed E-state index contributed by atoms with van der Waals surface area (Å²) >= 11 is 0. The van der Waals surface area contributed by atoms with E-state index in [0.717, 1.165) is 38.5 Å². The van der Waals surface area contributed by atoms with Crippen LogP contribution in [0.15, 0.2) is 18.2 Å². The lowest BCUT2D eigenvalue weighted by molar-refractivity contribution is -0.396. The van der Waals surface area contributed by atoms with Crippen molar-refractivity contribution >= 4 is 5.97 Å². The Morgan fingerprint density at radius 1 is 0.854 bits per heavy atom. The third kappa shape index (κ3) is 6.56. The van der Waals surface area contributed by atoms with Gasteiger partial charge in [0.15, 0.2) is 0 Å². The van der Waals surface area contributed by atoms with Crippen LogP contribution in [0.4, 0.5) is 39.5 Å². The maximum absolute atomic E-state index is 13.9. The summed E-state index contributed by atoms with van der Waals surface area (Å²) in [5.74, 6) is -19.9. The second-order valence-corrected chi connectivity index (χ2v) is 15.5.